The van der Waals surface area contributed by atoms with Crippen molar-refractivity contribution >= 4 is 28.2 Å². The molecule has 0 aromatic carbocycles. The number of hydrogen-bond acceptors (Lipinski definition) is 6. The van der Waals surface area contributed by atoms with E-state index >= 15 is 0 Å². The van der Waals surface area contributed by atoms with E-state index in [2.05, 4.69) is 16.3 Å². The number of nitrogens with one attached hydrogen (secondary N) is 1. The molecule has 2 aliphatic rings. The minimum Gasteiger partial charge on any atom is -0.375 e. The lowest BCUT2D eigenvalue weighted by Gasteiger charge is -2.34. The number of nitrogens with zero attached hydrogens (tertiary/aromatic N) is 3. The molecule has 3 rings (SSSR count). The molecule has 0 atom stereocenters. The fraction of sp³-hybridized carbons (Fsp3) is 0.650. The number of nitriles is 1. The van der Waals surface area contributed by atoms with Gasteiger partial charge in [-0.1, -0.05) is 6.42 Å². The van der Waals surface area contributed by atoms with Gasteiger partial charge in [-0.25, -0.2) is 0 Å². The van der Waals surface area contributed by atoms with Gasteiger partial charge in [0.1, 0.15) is 17.7 Å². The summed E-state index contributed by atoms with van der Waals surface area (Å²) in [6.45, 7) is 3.64. The summed E-state index contributed by atoms with van der Waals surface area (Å²) >= 11 is 1.57. The molecular weight excluding hydrogens is 376 g/mol. The Hall–Kier alpha value is -1.95. The van der Waals surface area contributed by atoms with E-state index in [4.69, 9.17) is 4.74 Å². The summed E-state index contributed by atoms with van der Waals surface area (Å²) in [5.41, 5.74) is 1.82. The number of aryl methyl sites for hydroxylation is 1. The second-order valence-electron chi connectivity index (χ2n) is 7.33. The fourth-order valence-electron chi connectivity index (χ4n) is 3.83. The van der Waals surface area contributed by atoms with Gasteiger partial charge in [-0.15, -0.1) is 11.3 Å². The Morgan fingerprint density at radius 2 is 1.93 bits per heavy atom. The maximum absolute atomic E-state index is 12.4. The quantitative estimate of drug-likeness (QED) is 0.733. The molecule has 7 nitrogen and oxygen atoms in total. The first-order valence-corrected chi connectivity index (χ1v) is 10.8. The predicted octanol–water partition coefficient (Wildman–Crippen LogP) is 2.01. The topological polar surface area (TPSA) is 85.7 Å². The van der Waals surface area contributed by atoms with Crippen molar-refractivity contribution in [1.29, 1.82) is 5.26 Å². The van der Waals surface area contributed by atoms with Crippen molar-refractivity contribution in [3.63, 3.8) is 0 Å². The van der Waals surface area contributed by atoms with E-state index in [1.807, 2.05) is 0 Å². The SMILES string of the molecule is COCC(=O)N1CCN(CCC(=O)Nc2sc3c(c2C#N)CCCCC3)CC1. The zero-order valence-electron chi connectivity index (χ0n) is 16.5. The van der Waals surface area contributed by atoms with Crippen molar-refractivity contribution in [3.05, 3.63) is 16.0 Å². The molecule has 1 aliphatic carbocycles. The van der Waals surface area contributed by atoms with Gasteiger partial charge in [-0.05, 0) is 31.2 Å². The van der Waals surface area contributed by atoms with Gasteiger partial charge < -0.3 is 15.0 Å². The predicted molar refractivity (Wildman–Crippen MR) is 108 cm³/mol. The standard InChI is InChI=1S/C20H28N4O3S/c1-27-14-19(26)24-11-9-23(10-12-24)8-7-18(25)22-20-16(13-21)15-5-3-2-4-6-17(15)28-20/h2-12,14H2,1H3,(H,22,25). The van der Waals surface area contributed by atoms with Crippen LogP contribution in [0.1, 0.15) is 41.7 Å². The number of amides is 2. The van der Waals surface area contributed by atoms with E-state index in [1.54, 1.807) is 16.2 Å². The second kappa shape index (κ2) is 10.0. The molecule has 1 saturated heterocycles. The normalized spacial score (nSPS) is 17.5. The van der Waals surface area contributed by atoms with Crippen LogP contribution in [0.2, 0.25) is 0 Å². The third kappa shape index (κ3) is 5.10. The molecule has 1 aromatic rings. The summed E-state index contributed by atoms with van der Waals surface area (Å²) in [5, 5.41) is 13.3. The summed E-state index contributed by atoms with van der Waals surface area (Å²) in [6.07, 6.45) is 5.82. The molecule has 2 amide bonds. The van der Waals surface area contributed by atoms with Gasteiger partial charge in [0.05, 0.1) is 5.56 Å². The number of piperazine rings is 1. The summed E-state index contributed by atoms with van der Waals surface area (Å²) in [5.74, 6) is -0.0350. The Kier molecular flexibility index (Phi) is 7.43. The molecule has 1 fully saturated rings. The molecule has 152 valence electrons. The number of carbonyl (C=O) groups excluding carboxylic acids is 2. The second-order valence-corrected chi connectivity index (χ2v) is 8.44. The Balaban J connectivity index is 1.48. The molecule has 0 spiro atoms. The number of methoxy groups -OCH3 is 1. The third-order valence-electron chi connectivity index (χ3n) is 5.43. The number of ether oxygens (including phenoxy) is 1. The average Bonchev–Trinajstić information content (AvgIpc) is 2.86. The highest BCUT2D eigenvalue weighted by Gasteiger charge is 2.23. The van der Waals surface area contributed by atoms with Gasteiger partial charge in [0.25, 0.3) is 0 Å². The highest BCUT2D eigenvalue weighted by Crippen LogP contribution is 2.37. The van der Waals surface area contributed by atoms with Crippen LogP contribution in [-0.2, 0) is 27.2 Å². The molecule has 0 bridgehead atoms. The Labute approximate surface area is 170 Å². The summed E-state index contributed by atoms with van der Waals surface area (Å²) < 4.78 is 4.90. The van der Waals surface area contributed by atoms with Crippen LogP contribution in [0.5, 0.6) is 0 Å². The number of hydrogen-bond donors (Lipinski definition) is 1. The van der Waals surface area contributed by atoms with Crippen LogP contribution in [-0.4, -0.2) is 68.1 Å². The van der Waals surface area contributed by atoms with Crippen molar-refractivity contribution in [2.24, 2.45) is 0 Å². The van der Waals surface area contributed by atoms with Gasteiger partial charge in [0.2, 0.25) is 11.8 Å². The molecular formula is C20H28N4O3S. The van der Waals surface area contributed by atoms with Crippen LogP contribution >= 0.6 is 11.3 Å². The monoisotopic (exact) mass is 404 g/mol. The minimum absolute atomic E-state index is 0.0152. The maximum Gasteiger partial charge on any atom is 0.248 e. The maximum atomic E-state index is 12.4. The van der Waals surface area contributed by atoms with Crippen LogP contribution in [0.4, 0.5) is 5.00 Å². The zero-order valence-corrected chi connectivity index (χ0v) is 17.3. The van der Waals surface area contributed by atoms with Crippen molar-refractivity contribution in [2.75, 3.05) is 51.8 Å². The van der Waals surface area contributed by atoms with E-state index in [1.165, 1.54) is 18.4 Å². The van der Waals surface area contributed by atoms with Crippen LogP contribution in [0.3, 0.4) is 0 Å². The van der Waals surface area contributed by atoms with Crippen molar-refractivity contribution in [3.8, 4) is 6.07 Å². The number of rotatable bonds is 6. The number of fused-ring (bicyclic) bond motifs is 1. The first kappa shape index (κ1) is 20.8. The summed E-state index contributed by atoms with van der Waals surface area (Å²) in [4.78, 5) is 29.5. The van der Waals surface area contributed by atoms with Crippen LogP contribution in [0, 0.1) is 11.3 Å². The lowest BCUT2D eigenvalue weighted by molar-refractivity contribution is -0.137. The van der Waals surface area contributed by atoms with Crippen molar-refractivity contribution in [2.45, 2.75) is 38.5 Å². The van der Waals surface area contributed by atoms with Gasteiger partial charge in [0.15, 0.2) is 0 Å². The molecule has 1 aromatic heterocycles. The Morgan fingerprint density at radius 3 is 2.64 bits per heavy atom. The summed E-state index contributed by atoms with van der Waals surface area (Å²) in [6, 6.07) is 2.31. The molecule has 1 N–H and O–H groups in total. The largest absolute Gasteiger partial charge is 0.375 e. The van der Waals surface area contributed by atoms with Crippen molar-refractivity contribution < 1.29 is 14.3 Å². The Morgan fingerprint density at radius 1 is 1.18 bits per heavy atom. The van der Waals surface area contributed by atoms with Gasteiger partial charge in [-0.3, -0.25) is 14.5 Å². The lowest BCUT2D eigenvalue weighted by Crippen LogP contribution is -2.50. The first-order valence-electron chi connectivity index (χ1n) is 9.96. The van der Waals surface area contributed by atoms with Gasteiger partial charge >= 0.3 is 0 Å². The molecule has 0 radical (unpaired) electrons. The highest BCUT2D eigenvalue weighted by atomic mass is 32.1. The van der Waals surface area contributed by atoms with Gasteiger partial charge in [0, 0.05) is 51.1 Å². The lowest BCUT2D eigenvalue weighted by atomic mass is 10.1. The van der Waals surface area contributed by atoms with Gasteiger partial charge in [-0.2, -0.15) is 5.26 Å². The smallest absolute Gasteiger partial charge is 0.248 e. The zero-order chi connectivity index (χ0) is 19.9. The minimum atomic E-state index is -0.0502. The molecule has 28 heavy (non-hydrogen) atoms. The van der Waals surface area contributed by atoms with E-state index in [9.17, 15) is 14.9 Å². The molecule has 2 heterocycles. The average molecular weight is 405 g/mol. The summed E-state index contributed by atoms with van der Waals surface area (Å²) in [7, 11) is 1.52. The highest BCUT2D eigenvalue weighted by molar-refractivity contribution is 7.16. The first-order chi connectivity index (χ1) is 13.6. The Bertz CT molecular complexity index is 747. The van der Waals surface area contributed by atoms with E-state index in [0.29, 0.717) is 31.6 Å². The fourth-order valence-corrected chi connectivity index (χ4v) is 5.09. The van der Waals surface area contributed by atoms with E-state index < -0.39 is 0 Å². The van der Waals surface area contributed by atoms with E-state index in [-0.39, 0.29) is 18.4 Å². The molecule has 1 aliphatic heterocycles. The van der Waals surface area contributed by atoms with Crippen molar-refractivity contribution in [1.82, 2.24) is 9.80 Å². The third-order valence-corrected chi connectivity index (χ3v) is 6.64. The number of thiophene rings is 1. The molecule has 8 heteroatoms. The van der Waals surface area contributed by atoms with Crippen LogP contribution in [0.15, 0.2) is 0 Å². The molecule has 0 saturated carbocycles. The molecule has 0 unspecified atom stereocenters. The number of anilines is 1. The van der Waals surface area contributed by atoms with E-state index in [0.717, 1.165) is 49.3 Å². The van der Waals surface area contributed by atoms with Crippen LogP contribution in [0.25, 0.3) is 0 Å². The number of carbonyl (C=O) groups is 2. The van der Waals surface area contributed by atoms with Crippen LogP contribution < -0.4 is 5.32 Å².